The third-order valence-electron chi connectivity index (χ3n) is 2.84. The molecule has 0 aliphatic heterocycles. The molecular formula is C15H13F2NO2. The Kier molecular flexibility index (Phi) is 3.98. The summed E-state index contributed by atoms with van der Waals surface area (Å²) in [5.74, 6) is -2.00. The van der Waals surface area contributed by atoms with Crippen LogP contribution >= 0.6 is 0 Å². The molecule has 0 spiro atoms. The van der Waals surface area contributed by atoms with Crippen molar-refractivity contribution >= 4 is 11.7 Å². The van der Waals surface area contributed by atoms with Gasteiger partial charge in [0.05, 0.1) is 5.56 Å². The zero-order valence-electron chi connectivity index (χ0n) is 10.8. The van der Waals surface area contributed by atoms with Gasteiger partial charge in [0.25, 0.3) is 0 Å². The van der Waals surface area contributed by atoms with Crippen LogP contribution in [0.3, 0.4) is 0 Å². The number of rotatable bonds is 3. The maximum Gasteiger partial charge on any atom is 0.338 e. The minimum atomic E-state index is -0.744. The number of nitrogens with two attached hydrogens (primary N) is 1. The van der Waals surface area contributed by atoms with Crippen molar-refractivity contribution in [2.45, 2.75) is 13.5 Å². The average molecular weight is 277 g/mol. The first kappa shape index (κ1) is 14.0. The fourth-order valence-corrected chi connectivity index (χ4v) is 1.78. The standard InChI is InChI=1S/C15H13F2NO2/c1-9-6-12(18)4-5-13(9)15(19)20-8-10-2-3-11(16)7-14(10)17/h2-7H,8,18H2,1H3. The van der Waals surface area contributed by atoms with Gasteiger partial charge in [-0.05, 0) is 42.8 Å². The maximum atomic E-state index is 13.4. The second kappa shape index (κ2) is 5.69. The Morgan fingerprint density at radius 2 is 1.95 bits per heavy atom. The van der Waals surface area contributed by atoms with Gasteiger partial charge in [0.1, 0.15) is 18.2 Å². The summed E-state index contributed by atoms with van der Waals surface area (Å²) in [5, 5.41) is 0. The summed E-state index contributed by atoms with van der Waals surface area (Å²) in [6, 6.07) is 7.89. The van der Waals surface area contributed by atoms with Gasteiger partial charge < -0.3 is 10.5 Å². The van der Waals surface area contributed by atoms with E-state index in [4.69, 9.17) is 10.5 Å². The van der Waals surface area contributed by atoms with Crippen LogP contribution in [-0.2, 0) is 11.3 Å². The Labute approximate surface area is 115 Å². The first-order chi connectivity index (χ1) is 9.47. The maximum absolute atomic E-state index is 13.4. The lowest BCUT2D eigenvalue weighted by Gasteiger charge is -2.08. The quantitative estimate of drug-likeness (QED) is 0.692. The summed E-state index contributed by atoms with van der Waals surface area (Å²) in [5.41, 5.74) is 7.29. The average Bonchev–Trinajstić information content (AvgIpc) is 2.37. The van der Waals surface area contributed by atoms with Crippen molar-refractivity contribution in [3.8, 4) is 0 Å². The molecule has 0 bridgehead atoms. The van der Waals surface area contributed by atoms with Crippen LogP contribution in [0.5, 0.6) is 0 Å². The van der Waals surface area contributed by atoms with Crippen molar-refractivity contribution in [1.29, 1.82) is 0 Å². The zero-order valence-corrected chi connectivity index (χ0v) is 10.8. The van der Waals surface area contributed by atoms with Crippen molar-refractivity contribution in [3.05, 3.63) is 64.7 Å². The van der Waals surface area contributed by atoms with Gasteiger partial charge in [-0.15, -0.1) is 0 Å². The molecule has 0 aliphatic carbocycles. The van der Waals surface area contributed by atoms with Crippen molar-refractivity contribution in [2.24, 2.45) is 0 Å². The lowest BCUT2D eigenvalue weighted by Crippen LogP contribution is -2.08. The monoisotopic (exact) mass is 277 g/mol. The molecule has 0 saturated carbocycles. The molecule has 0 fully saturated rings. The van der Waals surface area contributed by atoms with Crippen LogP contribution in [0.25, 0.3) is 0 Å². The third-order valence-corrected chi connectivity index (χ3v) is 2.84. The minimum absolute atomic E-state index is 0.118. The largest absolute Gasteiger partial charge is 0.457 e. The molecule has 2 aromatic rings. The van der Waals surface area contributed by atoms with Gasteiger partial charge in [0, 0.05) is 17.3 Å². The molecule has 20 heavy (non-hydrogen) atoms. The Morgan fingerprint density at radius 3 is 2.60 bits per heavy atom. The van der Waals surface area contributed by atoms with Gasteiger partial charge >= 0.3 is 5.97 Å². The second-order valence-electron chi connectivity index (χ2n) is 4.39. The number of hydrogen-bond donors (Lipinski definition) is 1. The first-order valence-electron chi connectivity index (χ1n) is 5.94. The molecule has 0 radical (unpaired) electrons. The van der Waals surface area contributed by atoms with Crippen molar-refractivity contribution in [1.82, 2.24) is 0 Å². The summed E-state index contributed by atoms with van der Waals surface area (Å²) >= 11 is 0. The van der Waals surface area contributed by atoms with Crippen LogP contribution in [0, 0.1) is 18.6 Å². The molecule has 0 aromatic heterocycles. The van der Waals surface area contributed by atoms with Crippen molar-refractivity contribution in [3.63, 3.8) is 0 Å². The second-order valence-corrected chi connectivity index (χ2v) is 4.39. The number of nitrogen functional groups attached to an aromatic ring is 1. The number of esters is 1. The predicted octanol–water partition coefficient (Wildman–Crippen LogP) is 3.21. The summed E-state index contributed by atoms with van der Waals surface area (Å²) in [7, 11) is 0. The Balaban J connectivity index is 2.08. The van der Waals surface area contributed by atoms with Crippen LogP contribution in [0.1, 0.15) is 21.5 Å². The lowest BCUT2D eigenvalue weighted by molar-refractivity contribution is 0.0468. The van der Waals surface area contributed by atoms with E-state index in [1.165, 1.54) is 6.07 Å². The van der Waals surface area contributed by atoms with Crippen molar-refractivity contribution in [2.75, 3.05) is 5.73 Å². The van der Waals surface area contributed by atoms with Gasteiger partial charge in [0.15, 0.2) is 0 Å². The lowest BCUT2D eigenvalue weighted by atomic mass is 10.1. The number of ether oxygens (including phenoxy) is 1. The highest BCUT2D eigenvalue weighted by atomic mass is 19.1. The highest BCUT2D eigenvalue weighted by molar-refractivity contribution is 5.91. The van der Waals surface area contributed by atoms with E-state index < -0.39 is 17.6 Å². The smallest absolute Gasteiger partial charge is 0.338 e. The zero-order chi connectivity index (χ0) is 14.7. The van der Waals surface area contributed by atoms with Gasteiger partial charge in [0.2, 0.25) is 0 Å². The fourth-order valence-electron chi connectivity index (χ4n) is 1.78. The molecule has 2 N–H and O–H groups in total. The number of carbonyl (C=O) groups is 1. The molecule has 0 saturated heterocycles. The summed E-state index contributed by atoms with van der Waals surface area (Å²) in [6.07, 6.45) is 0. The minimum Gasteiger partial charge on any atom is -0.457 e. The van der Waals surface area contributed by atoms with Gasteiger partial charge in [-0.3, -0.25) is 0 Å². The molecular weight excluding hydrogens is 264 g/mol. The van der Waals surface area contributed by atoms with Crippen LogP contribution < -0.4 is 5.73 Å². The van der Waals surface area contributed by atoms with E-state index in [1.54, 1.807) is 25.1 Å². The van der Waals surface area contributed by atoms with E-state index in [0.29, 0.717) is 16.8 Å². The summed E-state index contributed by atoms with van der Waals surface area (Å²) in [4.78, 5) is 11.9. The van der Waals surface area contributed by atoms with E-state index >= 15 is 0 Å². The van der Waals surface area contributed by atoms with Crippen LogP contribution in [0.4, 0.5) is 14.5 Å². The summed E-state index contributed by atoms with van der Waals surface area (Å²) < 4.78 is 31.1. The molecule has 3 nitrogen and oxygen atoms in total. The molecule has 2 aromatic carbocycles. The van der Waals surface area contributed by atoms with Crippen LogP contribution in [-0.4, -0.2) is 5.97 Å². The normalized spacial score (nSPS) is 10.3. The number of aryl methyl sites for hydroxylation is 1. The highest BCUT2D eigenvalue weighted by Crippen LogP contribution is 2.16. The Morgan fingerprint density at radius 1 is 1.20 bits per heavy atom. The number of carbonyl (C=O) groups excluding carboxylic acids is 1. The van der Waals surface area contributed by atoms with Gasteiger partial charge in [-0.2, -0.15) is 0 Å². The van der Waals surface area contributed by atoms with E-state index in [-0.39, 0.29) is 12.2 Å². The number of benzene rings is 2. The third kappa shape index (κ3) is 3.12. The molecule has 5 heteroatoms. The summed E-state index contributed by atoms with van der Waals surface area (Å²) in [6.45, 7) is 1.47. The Hall–Kier alpha value is -2.43. The molecule has 2 rings (SSSR count). The van der Waals surface area contributed by atoms with E-state index in [0.717, 1.165) is 12.1 Å². The van der Waals surface area contributed by atoms with Crippen LogP contribution in [0.15, 0.2) is 36.4 Å². The molecule has 0 amide bonds. The molecule has 0 heterocycles. The van der Waals surface area contributed by atoms with Crippen molar-refractivity contribution < 1.29 is 18.3 Å². The molecule has 0 aliphatic rings. The number of hydrogen-bond acceptors (Lipinski definition) is 3. The SMILES string of the molecule is Cc1cc(N)ccc1C(=O)OCc1ccc(F)cc1F. The van der Waals surface area contributed by atoms with Gasteiger partial charge in [-0.1, -0.05) is 0 Å². The first-order valence-corrected chi connectivity index (χ1v) is 5.94. The predicted molar refractivity (Wildman–Crippen MR) is 71.1 cm³/mol. The highest BCUT2D eigenvalue weighted by Gasteiger charge is 2.12. The van der Waals surface area contributed by atoms with E-state index in [2.05, 4.69) is 0 Å². The molecule has 104 valence electrons. The number of anilines is 1. The fraction of sp³-hybridized carbons (Fsp3) is 0.133. The van der Waals surface area contributed by atoms with E-state index in [9.17, 15) is 13.6 Å². The number of halogens is 2. The van der Waals surface area contributed by atoms with E-state index in [1.807, 2.05) is 0 Å². The molecule has 0 atom stereocenters. The van der Waals surface area contributed by atoms with Crippen LogP contribution in [0.2, 0.25) is 0 Å². The molecule has 0 unspecified atom stereocenters. The van der Waals surface area contributed by atoms with Gasteiger partial charge in [-0.25, -0.2) is 13.6 Å². The topological polar surface area (TPSA) is 52.3 Å². The Bertz CT molecular complexity index is 656.